The summed E-state index contributed by atoms with van der Waals surface area (Å²) in [7, 11) is 0. The van der Waals surface area contributed by atoms with Crippen LogP contribution in [0.4, 0.5) is 5.69 Å². The molecule has 2 rings (SSSR count). The molecule has 0 saturated carbocycles. The number of rotatable bonds is 2. The molecule has 2 heterocycles. The number of hydrogen-bond donors (Lipinski definition) is 1. The second kappa shape index (κ2) is 4.81. The number of carboxylic acids is 1. The lowest BCUT2D eigenvalue weighted by molar-refractivity contribution is -0.0750. The van der Waals surface area contributed by atoms with Gasteiger partial charge in [0.1, 0.15) is 5.56 Å². The Labute approximate surface area is 113 Å². The number of morpholine rings is 1. The minimum Gasteiger partial charge on any atom is -0.478 e. The minimum atomic E-state index is -0.945. The van der Waals surface area contributed by atoms with E-state index >= 15 is 0 Å². The van der Waals surface area contributed by atoms with Crippen LogP contribution in [0.1, 0.15) is 36.8 Å². The lowest BCUT2D eigenvalue weighted by Gasteiger charge is -2.43. The molecule has 104 valence electrons. The first-order valence-electron chi connectivity index (χ1n) is 6.41. The molecule has 0 aliphatic carbocycles. The van der Waals surface area contributed by atoms with Crippen molar-refractivity contribution in [2.45, 2.75) is 39.4 Å². The SMILES string of the molecule is Cc1cc(N2CC(C)OC(C)(C)C2)c(C(=O)O)cn1. The van der Waals surface area contributed by atoms with E-state index in [1.165, 1.54) is 6.20 Å². The fraction of sp³-hybridized carbons (Fsp3) is 0.571. The summed E-state index contributed by atoms with van der Waals surface area (Å²) in [4.78, 5) is 17.5. The number of carbonyl (C=O) groups is 1. The summed E-state index contributed by atoms with van der Waals surface area (Å²) in [6.07, 6.45) is 1.50. The molecule has 1 atom stereocenters. The highest BCUT2D eigenvalue weighted by Crippen LogP contribution is 2.28. The van der Waals surface area contributed by atoms with Crippen molar-refractivity contribution in [2.75, 3.05) is 18.0 Å². The van der Waals surface area contributed by atoms with E-state index in [0.29, 0.717) is 13.1 Å². The molecule has 5 heteroatoms. The Morgan fingerprint density at radius 1 is 1.58 bits per heavy atom. The van der Waals surface area contributed by atoms with Gasteiger partial charge in [0.15, 0.2) is 0 Å². The molecule has 1 aliphatic heterocycles. The molecule has 0 spiro atoms. The van der Waals surface area contributed by atoms with Gasteiger partial charge in [-0.25, -0.2) is 4.79 Å². The molecule has 19 heavy (non-hydrogen) atoms. The van der Waals surface area contributed by atoms with E-state index in [9.17, 15) is 9.90 Å². The lowest BCUT2D eigenvalue weighted by atomic mass is 10.0. The second-order valence-electron chi connectivity index (χ2n) is 5.72. The van der Waals surface area contributed by atoms with Crippen molar-refractivity contribution in [3.05, 3.63) is 23.5 Å². The zero-order valence-electron chi connectivity index (χ0n) is 11.8. The van der Waals surface area contributed by atoms with Crippen molar-refractivity contribution in [1.82, 2.24) is 4.98 Å². The van der Waals surface area contributed by atoms with Gasteiger partial charge in [0.2, 0.25) is 0 Å². The zero-order valence-corrected chi connectivity index (χ0v) is 11.8. The van der Waals surface area contributed by atoms with E-state index in [4.69, 9.17) is 4.74 Å². The lowest BCUT2D eigenvalue weighted by Crippen LogP contribution is -2.52. The molecular weight excluding hydrogens is 244 g/mol. The summed E-state index contributed by atoms with van der Waals surface area (Å²) in [5, 5.41) is 9.29. The van der Waals surface area contributed by atoms with Crippen molar-refractivity contribution in [3.8, 4) is 0 Å². The van der Waals surface area contributed by atoms with Gasteiger partial charge in [0, 0.05) is 25.0 Å². The van der Waals surface area contributed by atoms with Gasteiger partial charge >= 0.3 is 5.97 Å². The minimum absolute atomic E-state index is 0.0684. The maximum absolute atomic E-state index is 11.3. The number of ether oxygens (including phenoxy) is 1. The van der Waals surface area contributed by atoms with Crippen LogP contribution in [0.3, 0.4) is 0 Å². The highest BCUT2D eigenvalue weighted by molar-refractivity contribution is 5.94. The smallest absolute Gasteiger partial charge is 0.339 e. The summed E-state index contributed by atoms with van der Waals surface area (Å²) in [6.45, 7) is 9.26. The van der Waals surface area contributed by atoms with Gasteiger partial charge < -0.3 is 14.7 Å². The number of hydrogen-bond acceptors (Lipinski definition) is 4. The third kappa shape index (κ3) is 3.04. The number of nitrogens with zero attached hydrogens (tertiary/aromatic N) is 2. The average Bonchev–Trinajstić information content (AvgIpc) is 2.25. The van der Waals surface area contributed by atoms with E-state index < -0.39 is 5.97 Å². The van der Waals surface area contributed by atoms with Crippen LogP contribution >= 0.6 is 0 Å². The number of anilines is 1. The van der Waals surface area contributed by atoms with Crippen LogP contribution < -0.4 is 4.90 Å². The summed E-state index contributed by atoms with van der Waals surface area (Å²) in [5.74, 6) is -0.945. The van der Waals surface area contributed by atoms with E-state index in [1.807, 2.05) is 33.8 Å². The van der Waals surface area contributed by atoms with E-state index in [1.54, 1.807) is 0 Å². The third-order valence-corrected chi connectivity index (χ3v) is 3.16. The average molecular weight is 264 g/mol. The van der Waals surface area contributed by atoms with Crippen molar-refractivity contribution >= 4 is 11.7 Å². The maximum Gasteiger partial charge on any atom is 0.339 e. The van der Waals surface area contributed by atoms with Gasteiger partial charge in [-0.05, 0) is 33.8 Å². The van der Waals surface area contributed by atoms with Gasteiger partial charge in [0.05, 0.1) is 17.4 Å². The van der Waals surface area contributed by atoms with Crippen molar-refractivity contribution in [3.63, 3.8) is 0 Å². The number of carboxylic acid groups (broad SMARTS) is 1. The Balaban J connectivity index is 2.40. The van der Waals surface area contributed by atoms with Crippen molar-refractivity contribution in [1.29, 1.82) is 0 Å². The Hall–Kier alpha value is -1.62. The molecule has 1 aliphatic rings. The van der Waals surface area contributed by atoms with Crippen molar-refractivity contribution < 1.29 is 14.6 Å². The topological polar surface area (TPSA) is 62.7 Å². The predicted molar refractivity (Wildman–Crippen MR) is 72.8 cm³/mol. The fourth-order valence-corrected chi connectivity index (χ4v) is 2.61. The van der Waals surface area contributed by atoms with Crippen LogP contribution in [0.5, 0.6) is 0 Å². The maximum atomic E-state index is 11.3. The molecule has 0 radical (unpaired) electrons. The van der Waals surface area contributed by atoms with Crippen LogP contribution in [0, 0.1) is 6.92 Å². The number of aromatic carboxylic acids is 1. The molecule has 0 bridgehead atoms. The van der Waals surface area contributed by atoms with E-state index in [2.05, 4.69) is 9.88 Å². The molecule has 1 fully saturated rings. The first kappa shape index (κ1) is 13.8. The fourth-order valence-electron chi connectivity index (χ4n) is 2.61. The Morgan fingerprint density at radius 3 is 2.84 bits per heavy atom. The first-order valence-corrected chi connectivity index (χ1v) is 6.41. The monoisotopic (exact) mass is 264 g/mol. The van der Waals surface area contributed by atoms with Crippen LogP contribution in [0.15, 0.2) is 12.3 Å². The summed E-state index contributed by atoms with van der Waals surface area (Å²) in [6, 6.07) is 1.83. The van der Waals surface area contributed by atoms with Gasteiger partial charge in [-0.15, -0.1) is 0 Å². The molecule has 1 N–H and O–H groups in total. The number of aryl methyl sites for hydroxylation is 1. The summed E-state index contributed by atoms with van der Waals surface area (Å²) < 4.78 is 5.85. The van der Waals surface area contributed by atoms with Crippen LogP contribution in [-0.4, -0.2) is 40.9 Å². The Morgan fingerprint density at radius 2 is 2.26 bits per heavy atom. The quantitative estimate of drug-likeness (QED) is 0.886. The summed E-state index contributed by atoms with van der Waals surface area (Å²) >= 11 is 0. The second-order valence-corrected chi connectivity index (χ2v) is 5.72. The highest BCUT2D eigenvalue weighted by Gasteiger charge is 2.33. The first-order chi connectivity index (χ1) is 8.78. The van der Waals surface area contributed by atoms with Crippen LogP contribution in [0.2, 0.25) is 0 Å². The predicted octanol–water partition coefficient (Wildman–Crippen LogP) is 2.09. The van der Waals surface area contributed by atoms with Crippen LogP contribution in [0.25, 0.3) is 0 Å². The van der Waals surface area contributed by atoms with Gasteiger partial charge in [0.25, 0.3) is 0 Å². The molecule has 0 aromatic carbocycles. The molecule has 1 aromatic heterocycles. The molecule has 0 amide bonds. The molecule has 1 saturated heterocycles. The van der Waals surface area contributed by atoms with Crippen LogP contribution in [-0.2, 0) is 4.74 Å². The molecular formula is C14H20N2O3. The normalized spacial score (nSPS) is 22.3. The van der Waals surface area contributed by atoms with Gasteiger partial charge in [-0.3, -0.25) is 4.98 Å². The Kier molecular flexibility index (Phi) is 3.49. The Bertz CT molecular complexity index is 499. The third-order valence-electron chi connectivity index (χ3n) is 3.16. The molecule has 1 unspecified atom stereocenters. The number of aromatic nitrogens is 1. The van der Waals surface area contributed by atoms with E-state index in [-0.39, 0.29) is 17.3 Å². The zero-order chi connectivity index (χ0) is 14.2. The standard InChI is InChI=1S/C14H20N2O3/c1-9-5-12(11(6-15-9)13(17)18)16-7-10(2)19-14(3,4)8-16/h5-6,10H,7-8H2,1-4H3,(H,17,18). The number of pyridine rings is 1. The molecule has 1 aromatic rings. The van der Waals surface area contributed by atoms with Gasteiger partial charge in [-0.1, -0.05) is 0 Å². The largest absolute Gasteiger partial charge is 0.478 e. The molecule has 5 nitrogen and oxygen atoms in total. The van der Waals surface area contributed by atoms with Gasteiger partial charge in [-0.2, -0.15) is 0 Å². The summed E-state index contributed by atoms with van der Waals surface area (Å²) in [5.41, 5.74) is 1.50. The highest BCUT2D eigenvalue weighted by atomic mass is 16.5. The van der Waals surface area contributed by atoms with E-state index in [0.717, 1.165) is 11.4 Å². The van der Waals surface area contributed by atoms with Crippen molar-refractivity contribution in [2.24, 2.45) is 0 Å².